The number of nitrogens with zero attached hydrogens (tertiary/aromatic N) is 4. The number of aromatic nitrogens is 4. The van der Waals surface area contributed by atoms with E-state index >= 15 is 0 Å². The summed E-state index contributed by atoms with van der Waals surface area (Å²) in [5.74, 6) is 1.75. The Hall–Kier alpha value is -8.35. The van der Waals surface area contributed by atoms with E-state index in [1.54, 1.807) is 0 Å². The van der Waals surface area contributed by atoms with Crippen molar-refractivity contribution < 1.29 is 8.83 Å². The Morgan fingerprint density at radius 1 is 0.328 bits per heavy atom. The molecule has 0 unspecified atom stereocenters. The molecule has 0 atom stereocenters. The van der Waals surface area contributed by atoms with E-state index in [0.717, 1.165) is 88.4 Å². The van der Waals surface area contributed by atoms with E-state index in [2.05, 4.69) is 132 Å². The summed E-state index contributed by atoms with van der Waals surface area (Å²) in [6.07, 6.45) is 0. The molecule has 6 heteroatoms. The molecule has 284 valence electrons. The molecule has 0 aliphatic carbocycles. The predicted molar refractivity (Wildman–Crippen MR) is 248 cm³/mol. The fraction of sp³-hybridized carbons (Fsp3) is 0. The number of para-hydroxylation sites is 3. The van der Waals surface area contributed by atoms with Gasteiger partial charge in [0.1, 0.15) is 22.3 Å². The summed E-state index contributed by atoms with van der Waals surface area (Å²) in [5, 5.41) is 9.09. The molecule has 0 aliphatic heterocycles. The van der Waals surface area contributed by atoms with Crippen LogP contribution in [-0.4, -0.2) is 19.5 Å². The molecule has 0 spiro atoms. The van der Waals surface area contributed by atoms with Crippen LogP contribution in [0.5, 0.6) is 0 Å². The molecule has 0 radical (unpaired) electrons. The van der Waals surface area contributed by atoms with Crippen LogP contribution in [0.25, 0.3) is 127 Å². The summed E-state index contributed by atoms with van der Waals surface area (Å²) in [6, 6.07) is 67.6. The van der Waals surface area contributed by atoms with Crippen LogP contribution in [0.4, 0.5) is 0 Å². The molecule has 0 saturated heterocycles. The third kappa shape index (κ3) is 5.32. The third-order valence-corrected chi connectivity index (χ3v) is 12.0. The summed E-state index contributed by atoms with van der Waals surface area (Å²) in [7, 11) is 0. The van der Waals surface area contributed by atoms with Crippen LogP contribution in [-0.2, 0) is 0 Å². The first kappa shape index (κ1) is 33.6. The molecule has 61 heavy (non-hydrogen) atoms. The number of rotatable bonds is 5. The number of benzene rings is 9. The zero-order valence-electron chi connectivity index (χ0n) is 32.6. The van der Waals surface area contributed by atoms with Crippen molar-refractivity contribution in [2.45, 2.75) is 0 Å². The maximum Gasteiger partial charge on any atom is 0.164 e. The molecule has 13 aromatic rings. The highest BCUT2D eigenvalue weighted by Gasteiger charge is 2.20. The topological polar surface area (TPSA) is 69.9 Å². The zero-order valence-corrected chi connectivity index (χ0v) is 32.6. The van der Waals surface area contributed by atoms with Crippen molar-refractivity contribution in [1.29, 1.82) is 0 Å². The fourth-order valence-electron chi connectivity index (χ4n) is 9.15. The summed E-state index contributed by atoms with van der Waals surface area (Å²) in [6.45, 7) is 0. The van der Waals surface area contributed by atoms with E-state index in [0.29, 0.717) is 17.5 Å². The standard InChI is InChI=1S/C55H32N4O2/c1-2-12-33(13-3-1)53-56-54(58-55(57-53)38-25-27-44-42-19-7-9-23-49(42)61-51(44)32-38)37-16-10-17-39(28-37)59-47-30-35-15-5-4-14-34(35)29-46(47)45-21-11-20-40(52(45)59)36-24-26-43-41-18-6-8-22-48(41)60-50(43)31-36/h1-32H. The zero-order chi connectivity index (χ0) is 40.0. The molecule has 0 aliphatic rings. The Balaban J connectivity index is 1.03. The van der Waals surface area contributed by atoms with E-state index in [1.807, 2.05) is 66.7 Å². The van der Waals surface area contributed by atoms with Gasteiger partial charge < -0.3 is 13.4 Å². The van der Waals surface area contributed by atoms with E-state index in [9.17, 15) is 0 Å². The maximum absolute atomic E-state index is 6.40. The Morgan fingerprint density at radius 2 is 0.852 bits per heavy atom. The first-order valence-electron chi connectivity index (χ1n) is 20.4. The molecular formula is C55H32N4O2. The Labute approximate surface area is 348 Å². The average Bonchev–Trinajstić information content (AvgIpc) is 3.99. The van der Waals surface area contributed by atoms with Crippen LogP contribution in [0, 0.1) is 0 Å². The molecule has 13 rings (SSSR count). The van der Waals surface area contributed by atoms with Crippen molar-refractivity contribution in [3.05, 3.63) is 194 Å². The van der Waals surface area contributed by atoms with Gasteiger partial charge in [0.2, 0.25) is 0 Å². The van der Waals surface area contributed by atoms with Gasteiger partial charge >= 0.3 is 0 Å². The largest absolute Gasteiger partial charge is 0.456 e. The summed E-state index contributed by atoms with van der Waals surface area (Å²) in [5.41, 5.74) is 11.4. The number of hydrogen-bond donors (Lipinski definition) is 0. The highest BCUT2D eigenvalue weighted by Crippen LogP contribution is 2.42. The Bertz CT molecular complexity index is 3900. The van der Waals surface area contributed by atoms with Gasteiger partial charge in [-0.3, -0.25) is 0 Å². The summed E-state index contributed by atoms with van der Waals surface area (Å²) < 4.78 is 15.1. The van der Waals surface area contributed by atoms with Gasteiger partial charge in [0, 0.05) is 60.3 Å². The van der Waals surface area contributed by atoms with E-state index in [1.165, 1.54) is 21.5 Å². The lowest BCUT2D eigenvalue weighted by Crippen LogP contribution is -2.01. The van der Waals surface area contributed by atoms with Gasteiger partial charge in [0.15, 0.2) is 17.5 Å². The monoisotopic (exact) mass is 780 g/mol. The summed E-state index contributed by atoms with van der Waals surface area (Å²) in [4.78, 5) is 15.4. The van der Waals surface area contributed by atoms with Crippen molar-refractivity contribution in [3.8, 4) is 51.0 Å². The van der Waals surface area contributed by atoms with Crippen LogP contribution in [0.2, 0.25) is 0 Å². The lowest BCUT2D eigenvalue weighted by Gasteiger charge is -2.14. The van der Waals surface area contributed by atoms with E-state index < -0.39 is 0 Å². The lowest BCUT2D eigenvalue weighted by molar-refractivity contribution is 0.668. The van der Waals surface area contributed by atoms with Crippen molar-refractivity contribution in [2.24, 2.45) is 0 Å². The second kappa shape index (κ2) is 13.1. The van der Waals surface area contributed by atoms with Crippen LogP contribution < -0.4 is 0 Å². The van der Waals surface area contributed by atoms with Crippen LogP contribution in [0.15, 0.2) is 203 Å². The quantitative estimate of drug-likeness (QED) is 0.174. The molecule has 0 saturated carbocycles. The van der Waals surface area contributed by atoms with Crippen molar-refractivity contribution in [1.82, 2.24) is 19.5 Å². The first-order valence-corrected chi connectivity index (χ1v) is 20.4. The Kier molecular flexibility index (Phi) is 7.21. The minimum absolute atomic E-state index is 0.572. The molecule has 0 fully saturated rings. The predicted octanol–water partition coefficient (Wildman–Crippen LogP) is 14.6. The van der Waals surface area contributed by atoms with Crippen LogP contribution >= 0.6 is 0 Å². The first-order chi connectivity index (χ1) is 30.2. The minimum Gasteiger partial charge on any atom is -0.456 e. The number of hydrogen-bond acceptors (Lipinski definition) is 5. The van der Waals surface area contributed by atoms with Crippen molar-refractivity contribution in [2.75, 3.05) is 0 Å². The number of furan rings is 2. The second-order valence-corrected chi connectivity index (χ2v) is 15.6. The van der Waals surface area contributed by atoms with Gasteiger partial charge in [0.25, 0.3) is 0 Å². The van der Waals surface area contributed by atoms with Crippen molar-refractivity contribution >= 4 is 76.5 Å². The highest BCUT2D eigenvalue weighted by molar-refractivity contribution is 6.17. The van der Waals surface area contributed by atoms with Crippen LogP contribution in [0.3, 0.4) is 0 Å². The smallest absolute Gasteiger partial charge is 0.164 e. The molecule has 6 nitrogen and oxygen atoms in total. The highest BCUT2D eigenvalue weighted by atomic mass is 16.3. The second-order valence-electron chi connectivity index (χ2n) is 15.6. The maximum atomic E-state index is 6.40. The van der Waals surface area contributed by atoms with Gasteiger partial charge in [-0.15, -0.1) is 0 Å². The van der Waals surface area contributed by atoms with Gasteiger partial charge in [-0.1, -0.05) is 133 Å². The lowest BCUT2D eigenvalue weighted by atomic mass is 10.00. The van der Waals surface area contributed by atoms with Crippen LogP contribution in [0.1, 0.15) is 0 Å². The third-order valence-electron chi connectivity index (χ3n) is 12.0. The minimum atomic E-state index is 0.572. The van der Waals surface area contributed by atoms with E-state index in [-0.39, 0.29) is 0 Å². The molecule has 0 bridgehead atoms. The summed E-state index contributed by atoms with van der Waals surface area (Å²) >= 11 is 0. The SMILES string of the molecule is c1ccc(-c2nc(-c3cccc(-n4c5cc6ccccc6cc5c5cccc(-c6ccc7c(c6)oc6ccccc67)c54)c3)nc(-c3ccc4c(c3)oc3ccccc34)n2)cc1. The Morgan fingerprint density at radius 3 is 1.57 bits per heavy atom. The molecule has 4 heterocycles. The van der Waals surface area contributed by atoms with Gasteiger partial charge in [-0.2, -0.15) is 0 Å². The molecule has 4 aromatic heterocycles. The fourth-order valence-corrected chi connectivity index (χ4v) is 9.15. The average molecular weight is 781 g/mol. The molecular weight excluding hydrogens is 749 g/mol. The normalized spacial score (nSPS) is 11.9. The number of fused-ring (bicyclic) bond motifs is 10. The molecule has 0 N–H and O–H groups in total. The molecule has 9 aromatic carbocycles. The van der Waals surface area contributed by atoms with E-state index in [4.69, 9.17) is 23.8 Å². The van der Waals surface area contributed by atoms with Crippen molar-refractivity contribution in [3.63, 3.8) is 0 Å². The van der Waals surface area contributed by atoms with Gasteiger partial charge in [0.05, 0.1) is 11.0 Å². The van der Waals surface area contributed by atoms with Gasteiger partial charge in [-0.05, 0) is 77.0 Å². The molecule has 0 amide bonds. The van der Waals surface area contributed by atoms with Gasteiger partial charge in [-0.25, -0.2) is 15.0 Å².